The van der Waals surface area contributed by atoms with Gasteiger partial charge in [-0.15, -0.1) is 0 Å². The van der Waals surface area contributed by atoms with Gasteiger partial charge in [-0.1, -0.05) is 90.2 Å². The number of carbonyl (C=O) groups is 6. The highest BCUT2D eigenvalue weighted by Crippen LogP contribution is 2.46. The molecule has 0 saturated carbocycles. The lowest BCUT2D eigenvalue weighted by atomic mass is 9.66. The normalized spacial score (nSPS) is 18.3. The minimum Gasteiger partial charge on any atom is -0.506 e. The first-order chi connectivity index (χ1) is 26.3. The number of rotatable bonds is 8. The van der Waals surface area contributed by atoms with Crippen LogP contribution in [0.3, 0.4) is 0 Å². The van der Waals surface area contributed by atoms with E-state index in [1.807, 2.05) is 0 Å². The lowest BCUT2D eigenvalue weighted by Gasteiger charge is -2.35. The number of carboxylic acid groups (broad SMARTS) is 2. The summed E-state index contributed by atoms with van der Waals surface area (Å²) in [7, 11) is 0. The third kappa shape index (κ3) is 8.40. The zero-order valence-electron chi connectivity index (χ0n) is 29.2. The van der Waals surface area contributed by atoms with E-state index >= 15 is 0 Å². The Morgan fingerprint density at radius 1 is 0.544 bits per heavy atom. The molecule has 12 nitrogen and oxygen atoms in total. The van der Waals surface area contributed by atoms with Crippen LogP contribution in [0.4, 0.5) is 0 Å². The van der Waals surface area contributed by atoms with Crippen LogP contribution < -0.4 is 10.6 Å². The van der Waals surface area contributed by atoms with E-state index in [0.29, 0.717) is 42.3 Å². The summed E-state index contributed by atoms with van der Waals surface area (Å²) in [5, 5.41) is 44.7. The van der Waals surface area contributed by atoms with Gasteiger partial charge in [0.05, 0.1) is 10.8 Å². The molecule has 296 valence electrons. The molecule has 0 saturated heterocycles. The van der Waals surface area contributed by atoms with Crippen molar-refractivity contribution in [1.82, 2.24) is 10.6 Å². The Balaban J connectivity index is 0.000000248. The fourth-order valence-electron chi connectivity index (χ4n) is 6.58. The molecule has 0 bridgehead atoms. The van der Waals surface area contributed by atoms with Crippen LogP contribution in [0.1, 0.15) is 54.7 Å². The summed E-state index contributed by atoms with van der Waals surface area (Å²) in [6, 6.07) is 22.4. The molecule has 0 aromatic heterocycles. The molecule has 0 unspecified atom stereocenters. The molecule has 0 radical (unpaired) electrons. The lowest BCUT2D eigenvalue weighted by molar-refractivity contribution is -0.138. The molecule has 6 rings (SSSR count). The smallest absolute Gasteiger partial charge is 0.322 e. The SMILES string of the molecule is C.C[C@@]1(c2ccc(Cl)cc2)C(=O)C(C(=O)NCC(=O)O)=C(O)c2cc(Cl)ccc21.C[C@]1(c2ccc(Cl)cc2)C(=O)C(C(=O)NCC(=O)O)=C(O)c2cc(Cl)ccc21. The molecule has 0 aliphatic heterocycles. The first-order valence-corrected chi connectivity index (χ1v) is 17.9. The highest BCUT2D eigenvalue weighted by molar-refractivity contribution is 6.34. The average molecular weight is 857 g/mol. The second-order valence-corrected chi connectivity index (χ2v) is 14.6. The molecular weight excluding hydrogens is 822 g/mol. The standard InChI is InChI=1S/2C20H15Cl2NO5.CH4/c2*1-20(10-2-4-11(21)5-3-10)14-7-6-12(22)8-13(14)17(26)16(18(20)27)19(28)23-9-15(24)25;/h2*2-8,26H,9H2,1H3,(H,23,28)(H,24,25);1H4/t2*20-;/m10./s1. The maximum atomic E-state index is 13.4. The molecule has 57 heavy (non-hydrogen) atoms. The first-order valence-electron chi connectivity index (χ1n) is 16.4. The zero-order valence-corrected chi connectivity index (χ0v) is 32.3. The number of aliphatic hydroxyl groups excluding tert-OH is 2. The molecule has 2 aliphatic carbocycles. The molecule has 0 heterocycles. The number of benzene rings is 4. The van der Waals surface area contributed by atoms with Gasteiger partial charge in [0.25, 0.3) is 11.8 Å². The van der Waals surface area contributed by atoms with Crippen LogP contribution in [0, 0.1) is 0 Å². The van der Waals surface area contributed by atoms with Gasteiger partial charge in [0, 0.05) is 31.2 Å². The van der Waals surface area contributed by atoms with Crippen molar-refractivity contribution in [1.29, 1.82) is 0 Å². The predicted molar refractivity (Wildman–Crippen MR) is 216 cm³/mol. The Morgan fingerprint density at radius 3 is 1.14 bits per heavy atom. The van der Waals surface area contributed by atoms with Crippen LogP contribution >= 0.6 is 46.4 Å². The number of hydrogen-bond acceptors (Lipinski definition) is 8. The van der Waals surface area contributed by atoms with E-state index in [4.69, 9.17) is 56.6 Å². The number of carboxylic acids is 2. The van der Waals surface area contributed by atoms with Gasteiger partial charge in [0.1, 0.15) is 35.8 Å². The quantitative estimate of drug-likeness (QED) is 0.0973. The summed E-state index contributed by atoms with van der Waals surface area (Å²) >= 11 is 24.0. The largest absolute Gasteiger partial charge is 0.506 e. The molecule has 0 spiro atoms. The maximum Gasteiger partial charge on any atom is 0.322 e. The van der Waals surface area contributed by atoms with Gasteiger partial charge in [0.2, 0.25) is 0 Å². The number of amides is 2. The van der Waals surface area contributed by atoms with Crippen molar-refractivity contribution in [3.63, 3.8) is 0 Å². The Labute approximate surface area is 346 Å². The van der Waals surface area contributed by atoms with Crippen molar-refractivity contribution in [2.75, 3.05) is 13.1 Å². The summed E-state index contributed by atoms with van der Waals surface area (Å²) in [5.41, 5.74) is -1.16. The third-order valence-electron chi connectivity index (χ3n) is 9.48. The van der Waals surface area contributed by atoms with Crippen molar-refractivity contribution in [2.45, 2.75) is 32.1 Å². The van der Waals surface area contributed by atoms with E-state index in [2.05, 4.69) is 10.6 Å². The molecule has 2 atom stereocenters. The van der Waals surface area contributed by atoms with E-state index in [1.165, 1.54) is 12.1 Å². The second kappa shape index (κ2) is 17.2. The fourth-order valence-corrected chi connectivity index (χ4v) is 7.17. The van der Waals surface area contributed by atoms with E-state index in [0.717, 1.165) is 0 Å². The van der Waals surface area contributed by atoms with E-state index < -0.39 is 81.9 Å². The number of fused-ring (bicyclic) bond motifs is 2. The van der Waals surface area contributed by atoms with Crippen LogP contribution in [-0.2, 0) is 39.6 Å². The van der Waals surface area contributed by atoms with Gasteiger partial charge in [-0.3, -0.25) is 28.8 Å². The minimum absolute atomic E-state index is 0. The molecule has 2 amide bonds. The highest BCUT2D eigenvalue weighted by atomic mass is 35.5. The lowest BCUT2D eigenvalue weighted by Crippen LogP contribution is -2.44. The fraction of sp³-hybridized carbons (Fsp3) is 0.171. The number of aliphatic hydroxyl groups is 2. The Kier molecular flexibility index (Phi) is 13.3. The maximum absolute atomic E-state index is 13.4. The molecular formula is C41H34Cl4N2O10. The van der Waals surface area contributed by atoms with Crippen LogP contribution in [0.15, 0.2) is 96.1 Å². The molecule has 4 aromatic carbocycles. The summed E-state index contributed by atoms with van der Waals surface area (Å²) in [4.78, 5) is 73.3. The Morgan fingerprint density at radius 2 is 0.842 bits per heavy atom. The summed E-state index contributed by atoms with van der Waals surface area (Å²) in [6.07, 6.45) is 0. The molecule has 0 fully saturated rings. The van der Waals surface area contributed by atoms with Crippen molar-refractivity contribution >= 4 is 93.2 Å². The summed E-state index contributed by atoms with van der Waals surface area (Å²) in [5.74, 6) is -6.92. The zero-order chi connectivity index (χ0) is 41.3. The van der Waals surface area contributed by atoms with Crippen LogP contribution in [0.5, 0.6) is 0 Å². The van der Waals surface area contributed by atoms with Crippen LogP contribution in [0.2, 0.25) is 20.1 Å². The molecule has 2 aliphatic rings. The number of ketones is 2. The Hall–Kier alpha value is -5.66. The number of nitrogens with one attached hydrogen (secondary N) is 2. The number of carbonyl (C=O) groups excluding carboxylic acids is 4. The van der Waals surface area contributed by atoms with Gasteiger partial charge >= 0.3 is 11.9 Å². The van der Waals surface area contributed by atoms with E-state index in [1.54, 1.807) is 86.6 Å². The van der Waals surface area contributed by atoms with Gasteiger partial charge in [0.15, 0.2) is 11.6 Å². The molecule has 4 aromatic rings. The van der Waals surface area contributed by atoms with Gasteiger partial charge in [-0.25, -0.2) is 0 Å². The first kappa shape index (κ1) is 44.1. The van der Waals surface area contributed by atoms with Crippen molar-refractivity contribution in [2.24, 2.45) is 0 Å². The van der Waals surface area contributed by atoms with Gasteiger partial charge in [-0.2, -0.15) is 0 Å². The van der Waals surface area contributed by atoms with Crippen LogP contribution in [0.25, 0.3) is 11.5 Å². The van der Waals surface area contributed by atoms with E-state index in [-0.39, 0.29) is 18.6 Å². The van der Waals surface area contributed by atoms with E-state index in [9.17, 15) is 39.0 Å². The monoisotopic (exact) mass is 854 g/mol. The number of hydrogen-bond donors (Lipinski definition) is 6. The van der Waals surface area contributed by atoms with Crippen LogP contribution in [-0.4, -0.2) is 68.8 Å². The third-order valence-corrected chi connectivity index (χ3v) is 10.5. The second-order valence-electron chi connectivity index (χ2n) is 12.9. The van der Waals surface area contributed by atoms with Crippen molar-refractivity contribution in [3.8, 4) is 0 Å². The number of aliphatic carboxylic acids is 2. The predicted octanol–water partition coefficient (Wildman–Crippen LogP) is 7.34. The van der Waals surface area contributed by atoms with Gasteiger partial charge < -0.3 is 31.1 Å². The summed E-state index contributed by atoms with van der Waals surface area (Å²) in [6.45, 7) is 1.87. The topological polar surface area (TPSA) is 207 Å². The molecule has 16 heteroatoms. The van der Waals surface area contributed by atoms with Crippen molar-refractivity contribution in [3.05, 3.63) is 150 Å². The van der Waals surface area contributed by atoms with Gasteiger partial charge in [-0.05, 0) is 84.6 Å². The Bertz CT molecular complexity index is 2230. The minimum atomic E-state index is -1.31. The van der Waals surface area contributed by atoms with Crippen molar-refractivity contribution < 1.29 is 49.2 Å². The number of halogens is 4. The number of Topliss-reactive ketones (excluding diaryl/α,β-unsaturated/α-hetero) is 2. The molecule has 6 N–H and O–H groups in total. The summed E-state index contributed by atoms with van der Waals surface area (Å²) < 4.78 is 0. The highest BCUT2D eigenvalue weighted by Gasteiger charge is 2.49. The average Bonchev–Trinajstić information content (AvgIpc) is 3.15.